The maximum atomic E-state index is 12.7. The molecular formula is C17H31NO3. The summed E-state index contributed by atoms with van der Waals surface area (Å²) < 4.78 is 5.42. The molecule has 0 spiro atoms. The largest absolute Gasteiger partial charge is 0.443 e. The van der Waals surface area contributed by atoms with Gasteiger partial charge in [0.2, 0.25) is 5.91 Å². The minimum atomic E-state index is -0.572. The smallest absolute Gasteiger partial charge is 0.417 e. The van der Waals surface area contributed by atoms with Gasteiger partial charge in [0.1, 0.15) is 5.60 Å². The van der Waals surface area contributed by atoms with Crippen molar-refractivity contribution in [3.63, 3.8) is 0 Å². The van der Waals surface area contributed by atoms with Gasteiger partial charge in [0.15, 0.2) is 0 Å². The van der Waals surface area contributed by atoms with Crippen LogP contribution in [0.2, 0.25) is 0 Å². The Balaban J connectivity index is 2.79. The van der Waals surface area contributed by atoms with Crippen molar-refractivity contribution in [2.75, 3.05) is 6.54 Å². The Bertz CT molecular complexity index is 354. The van der Waals surface area contributed by atoms with Crippen molar-refractivity contribution < 1.29 is 14.3 Å². The van der Waals surface area contributed by atoms with Crippen molar-refractivity contribution in [3.05, 3.63) is 0 Å². The zero-order valence-electron chi connectivity index (χ0n) is 14.3. The Hall–Kier alpha value is -1.06. The lowest BCUT2D eigenvalue weighted by molar-refractivity contribution is -0.136. The van der Waals surface area contributed by atoms with E-state index in [0.29, 0.717) is 12.5 Å². The van der Waals surface area contributed by atoms with Gasteiger partial charge in [0.05, 0.1) is 0 Å². The summed E-state index contributed by atoms with van der Waals surface area (Å²) in [6, 6.07) is 0. The van der Waals surface area contributed by atoms with E-state index < -0.39 is 11.7 Å². The van der Waals surface area contributed by atoms with E-state index in [9.17, 15) is 9.59 Å². The molecule has 1 unspecified atom stereocenters. The van der Waals surface area contributed by atoms with Gasteiger partial charge in [-0.2, -0.15) is 0 Å². The van der Waals surface area contributed by atoms with E-state index in [1.807, 2.05) is 20.8 Å². The lowest BCUT2D eigenvalue weighted by Crippen LogP contribution is -2.46. The van der Waals surface area contributed by atoms with Crippen molar-refractivity contribution >= 4 is 12.0 Å². The van der Waals surface area contributed by atoms with Crippen LogP contribution < -0.4 is 0 Å². The van der Waals surface area contributed by atoms with E-state index in [1.54, 1.807) is 0 Å². The van der Waals surface area contributed by atoms with Crippen molar-refractivity contribution in [2.24, 2.45) is 11.8 Å². The number of nitrogens with zero attached hydrogens (tertiary/aromatic N) is 1. The van der Waals surface area contributed by atoms with E-state index >= 15 is 0 Å². The molecule has 1 aliphatic carbocycles. The lowest BCUT2D eigenvalue weighted by atomic mass is 9.88. The molecule has 2 amide bonds. The van der Waals surface area contributed by atoms with Crippen LogP contribution >= 0.6 is 0 Å². The molecule has 122 valence electrons. The first kappa shape index (κ1) is 18.0. The number of rotatable bonds is 4. The van der Waals surface area contributed by atoms with Gasteiger partial charge in [-0.1, -0.05) is 39.5 Å². The maximum absolute atomic E-state index is 12.7. The molecule has 1 aliphatic rings. The van der Waals surface area contributed by atoms with Gasteiger partial charge in [0.25, 0.3) is 0 Å². The molecule has 0 saturated heterocycles. The first-order valence-electron chi connectivity index (χ1n) is 8.29. The Morgan fingerprint density at radius 3 is 2.24 bits per heavy atom. The highest BCUT2D eigenvalue weighted by Crippen LogP contribution is 2.26. The molecule has 0 N–H and O–H groups in total. The highest BCUT2D eigenvalue weighted by molar-refractivity contribution is 5.93. The summed E-state index contributed by atoms with van der Waals surface area (Å²) in [6.45, 7) is 10.1. The SMILES string of the molecule is CCC(C)CN(C(=O)OC(C)(C)C)C(=O)C1CCCCC1. The van der Waals surface area contributed by atoms with Gasteiger partial charge in [-0.3, -0.25) is 4.79 Å². The zero-order valence-corrected chi connectivity index (χ0v) is 14.3. The van der Waals surface area contributed by atoms with E-state index in [0.717, 1.165) is 32.1 Å². The summed E-state index contributed by atoms with van der Waals surface area (Å²) in [5, 5.41) is 0. The van der Waals surface area contributed by atoms with Crippen LogP contribution in [0.1, 0.15) is 73.1 Å². The Morgan fingerprint density at radius 2 is 1.76 bits per heavy atom. The van der Waals surface area contributed by atoms with Crippen LogP contribution in [0.4, 0.5) is 4.79 Å². The van der Waals surface area contributed by atoms with Crippen molar-refractivity contribution in [2.45, 2.75) is 78.7 Å². The highest BCUT2D eigenvalue weighted by Gasteiger charge is 2.33. The molecule has 1 fully saturated rings. The van der Waals surface area contributed by atoms with Crippen LogP contribution in [0, 0.1) is 11.8 Å². The van der Waals surface area contributed by atoms with E-state index in [2.05, 4.69) is 13.8 Å². The Labute approximate surface area is 129 Å². The topological polar surface area (TPSA) is 46.6 Å². The maximum Gasteiger partial charge on any atom is 0.417 e. The summed E-state index contributed by atoms with van der Waals surface area (Å²) in [7, 11) is 0. The minimum Gasteiger partial charge on any atom is -0.443 e. The molecule has 0 aromatic carbocycles. The number of ether oxygens (including phenoxy) is 1. The van der Waals surface area contributed by atoms with Crippen molar-refractivity contribution in [1.82, 2.24) is 4.90 Å². The van der Waals surface area contributed by atoms with Crippen LogP contribution in [-0.4, -0.2) is 29.0 Å². The van der Waals surface area contributed by atoms with Crippen LogP contribution in [-0.2, 0) is 9.53 Å². The van der Waals surface area contributed by atoms with E-state index in [-0.39, 0.29) is 11.8 Å². The lowest BCUT2D eigenvalue weighted by Gasteiger charge is -2.31. The Kier molecular flexibility index (Phi) is 6.69. The second-order valence-corrected chi connectivity index (χ2v) is 7.28. The molecule has 0 aliphatic heterocycles. The minimum absolute atomic E-state index is 0.00433. The van der Waals surface area contributed by atoms with Crippen LogP contribution in [0.3, 0.4) is 0 Å². The predicted molar refractivity (Wildman–Crippen MR) is 84.0 cm³/mol. The van der Waals surface area contributed by atoms with Gasteiger partial charge in [-0.05, 0) is 39.5 Å². The molecular weight excluding hydrogens is 266 g/mol. The fourth-order valence-electron chi connectivity index (χ4n) is 2.58. The highest BCUT2D eigenvalue weighted by atomic mass is 16.6. The normalized spacial score (nSPS) is 18.1. The average Bonchev–Trinajstić information content (AvgIpc) is 2.42. The molecule has 0 aromatic rings. The third-order valence-electron chi connectivity index (χ3n) is 4.03. The third-order valence-corrected chi connectivity index (χ3v) is 4.03. The van der Waals surface area contributed by atoms with Gasteiger partial charge in [0, 0.05) is 12.5 Å². The van der Waals surface area contributed by atoms with Crippen molar-refractivity contribution in [1.29, 1.82) is 0 Å². The van der Waals surface area contributed by atoms with Gasteiger partial charge in [-0.25, -0.2) is 9.69 Å². The first-order valence-corrected chi connectivity index (χ1v) is 8.29. The molecule has 1 atom stereocenters. The standard InChI is InChI=1S/C17H31NO3/c1-6-13(2)12-18(16(20)21-17(3,4)5)15(19)14-10-8-7-9-11-14/h13-14H,6-12H2,1-5H3. The number of carbonyl (C=O) groups is 2. The monoisotopic (exact) mass is 297 g/mol. The van der Waals surface area contributed by atoms with Gasteiger partial charge in [-0.15, -0.1) is 0 Å². The predicted octanol–water partition coefficient (Wildman–Crippen LogP) is 4.38. The number of amides is 2. The quantitative estimate of drug-likeness (QED) is 0.773. The molecule has 0 bridgehead atoms. The fourth-order valence-corrected chi connectivity index (χ4v) is 2.58. The second-order valence-electron chi connectivity index (χ2n) is 7.28. The third kappa shape index (κ3) is 6.06. The molecule has 1 rings (SSSR count). The molecule has 0 radical (unpaired) electrons. The fraction of sp³-hybridized carbons (Fsp3) is 0.882. The second kappa shape index (κ2) is 7.81. The van der Waals surface area contributed by atoms with E-state index in [1.165, 1.54) is 11.3 Å². The molecule has 4 nitrogen and oxygen atoms in total. The van der Waals surface area contributed by atoms with Crippen molar-refractivity contribution in [3.8, 4) is 0 Å². The molecule has 1 saturated carbocycles. The summed E-state index contributed by atoms with van der Waals surface area (Å²) in [4.78, 5) is 26.4. The molecule has 4 heteroatoms. The summed E-state index contributed by atoms with van der Waals surface area (Å²) in [6.07, 6.45) is 5.62. The zero-order chi connectivity index (χ0) is 16.0. The summed E-state index contributed by atoms with van der Waals surface area (Å²) in [5.74, 6) is 0.254. The van der Waals surface area contributed by atoms with E-state index in [4.69, 9.17) is 4.74 Å². The number of carbonyl (C=O) groups excluding carboxylic acids is 2. The number of hydrogen-bond acceptors (Lipinski definition) is 3. The van der Waals surface area contributed by atoms with Crippen LogP contribution in [0.5, 0.6) is 0 Å². The number of hydrogen-bond donors (Lipinski definition) is 0. The van der Waals surface area contributed by atoms with Gasteiger partial charge >= 0.3 is 6.09 Å². The molecule has 0 aromatic heterocycles. The molecule has 0 heterocycles. The van der Waals surface area contributed by atoms with Crippen LogP contribution in [0.15, 0.2) is 0 Å². The first-order chi connectivity index (χ1) is 9.74. The van der Waals surface area contributed by atoms with Gasteiger partial charge < -0.3 is 4.74 Å². The summed E-state index contributed by atoms with van der Waals surface area (Å²) >= 11 is 0. The average molecular weight is 297 g/mol. The van der Waals surface area contributed by atoms with Crippen LogP contribution in [0.25, 0.3) is 0 Å². The Morgan fingerprint density at radius 1 is 1.19 bits per heavy atom. The molecule has 21 heavy (non-hydrogen) atoms. The summed E-state index contributed by atoms with van der Waals surface area (Å²) in [5.41, 5.74) is -0.572. The number of imide groups is 1.